The third-order valence-electron chi connectivity index (χ3n) is 2.75. The van der Waals surface area contributed by atoms with Crippen molar-refractivity contribution < 1.29 is 13.2 Å². The molecule has 0 fully saturated rings. The normalized spacial score (nSPS) is 13.0. The first-order valence-corrected chi connectivity index (χ1v) is 5.89. The molecule has 3 N–H and O–H groups in total. The average Bonchev–Trinajstić information content (AvgIpc) is 2.38. The quantitative estimate of drug-likeness (QED) is 0.848. The molecule has 0 saturated carbocycles. The first kappa shape index (κ1) is 14.1. The molecule has 2 aromatic rings. The van der Waals surface area contributed by atoms with E-state index < -0.39 is 11.9 Å². The smallest absolute Gasteiger partial charge is 0.398 e. The molecule has 0 aliphatic rings. The Balaban J connectivity index is 2.20. The van der Waals surface area contributed by atoms with Gasteiger partial charge in [0.15, 0.2) is 0 Å². The second kappa shape index (κ2) is 5.36. The van der Waals surface area contributed by atoms with Gasteiger partial charge in [0.2, 0.25) is 5.95 Å². The number of nitrogens with zero attached hydrogens (tertiary/aromatic N) is 2. The highest BCUT2D eigenvalue weighted by Gasteiger charge is 2.32. The minimum Gasteiger partial charge on any atom is -0.398 e. The van der Waals surface area contributed by atoms with E-state index in [0.29, 0.717) is 5.69 Å². The second-order valence-corrected chi connectivity index (χ2v) is 4.26. The molecule has 0 aliphatic heterocycles. The van der Waals surface area contributed by atoms with Crippen molar-refractivity contribution in [2.75, 3.05) is 11.1 Å². The monoisotopic (exact) mass is 282 g/mol. The summed E-state index contributed by atoms with van der Waals surface area (Å²) in [6, 6.07) is 7.62. The van der Waals surface area contributed by atoms with Crippen LogP contribution in [0, 0.1) is 0 Å². The van der Waals surface area contributed by atoms with Gasteiger partial charge in [0.05, 0.1) is 6.04 Å². The van der Waals surface area contributed by atoms with Crippen LogP contribution in [0.3, 0.4) is 0 Å². The molecular formula is C13H13F3N4. The molecule has 4 nitrogen and oxygen atoms in total. The molecule has 106 valence electrons. The summed E-state index contributed by atoms with van der Waals surface area (Å²) in [7, 11) is 0. The van der Waals surface area contributed by atoms with Gasteiger partial charge in [-0.1, -0.05) is 18.2 Å². The third kappa shape index (κ3) is 3.17. The van der Waals surface area contributed by atoms with Crippen molar-refractivity contribution in [2.24, 2.45) is 0 Å². The summed E-state index contributed by atoms with van der Waals surface area (Å²) in [4.78, 5) is 7.24. The molecule has 20 heavy (non-hydrogen) atoms. The summed E-state index contributed by atoms with van der Waals surface area (Å²) >= 11 is 0. The molecular weight excluding hydrogens is 269 g/mol. The zero-order valence-electron chi connectivity index (χ0n) is 10.6. The molecule has 0 saturated heterocycles. The Hall–Kier alpha value is -2.31. The van der Waals surface area contributed by atoms with Crippen LogP contribution in [0.15, 0.2) is 36.5 Å². The lowest BCUT2D eigenvalue weighted by molar-refractivity contribution is -0.141. The van der Waals surface area contributed by atoms with Crippen LogP contribution in [0.2, 0.25) is 0 Å². The summed E-state index contributed by atoms with van der Waals surface area (Å²) in [5, 5.41) is 2.81. The zero-order chi connectivity index (χ0) is 14.8. The molecule has 0 radical (unpaired) electrons. The molecule has 1 heterocycles. The Bertz CT molecular complexity index is 598. The lowest BCUT2D eigenvalue weighted by Crippen LogP contribution is -2.14. The number of aromatic nitrogens is 2. The van der Waals surface area contributed by atoms with E-state index in [-0.39, 0.29) is 12.0 Å². The molecule has 7 heteroatoms. The summed E-state index contributed by atoms with van der Waals surface area (Å²) in [6.45, 7) is 1.77. The van der Waals surface area contributed by atoms with Crippen molar-refractivity contribution >= 4 is 11.6 Å². The van der Waals surface area contributed by atoms with Crippen LogP contribution in [0.25, 0.3) is 0 Å². The SMILES string of the molecule is CC(Nc1nccc(C(F)(F)F)n1)c1ccccc1N. The Kier molecular flexibility index (Phi) is 3.78. The molecule has 1 aromatic carbocycles. The Morgan fingerprint density at radius 1 is 1.20 bits per heavy atom. The number of para-hydroxylation sites is 1. The number of alkyl halides is 3. The van der Waals surface area contributed by atoms with Gasteiger partial charge in [0.1, 0.15) is 5.69 Å². The van der Waals surface area contributed by atoms with E-state index >= 15 is 0 Å². The lowest BCUT2D eigenvalue weighted by atomic mass is 10.1. The second-order valence-electron chi connectivity index (χ2n) is 4.26. The predicted molar refractivity (Wildman–Crippen MR) is 69.9 cm³/mol. The summed E-state index contributed by atoms with van der Waals surface area (Å²) in [5.41, 5.74) is 6.16. The van der Waals surface area contributed by atoms with E-state index in [0.717, 1.165) is 17.8 Å². The van der Waals surface area contributed by atoms with E-state index in [1.165, 1.54) is 0 Å². The number of hydrogen-bond donors (Lipinski definition) is 2. The maximum absolute atomic E-state index is 12.6. The molecule has 2 rings (SSSR count). The number of nitrogens with two attached hydrogens (primary N) is 1. The van der Waals surface area contributed by atoms with Crippen molar-refractivity contribution in [1.82, 2.24) is 9.97 Å². The van der Waals surface area contributed by atoms with Gasteiger partial charge in [-0.15, -0.1) is 0 Å². The number of nitrogen functional groups attached to an aromatic ring is 1. The molecule has 1 atom stereocenters. The van der Waals surface area contributed by atoms with Crippen LogP contribution in [0.1, 0.15) is 24.2 Å². The van der Waals surface area contributed by atoms with E-state index in [4.69, 9.17) is 5.73 Å². The maximum Gasteiger partial charge on any atom is 0.433 e. The molecule has 0 aliphatic carbocycles. The highest BCUT2D eigenvalue weighted by molar-refractivity contribution is 5.50. The minimum absolute atomic E-state index is 0.0874. The van der Waals surface area contributed by atoms with E-state index in [1.807, 2.05) is 0 Å². The number of nitrogens with one attached hydrogen (secondary N) is 1. The standard InChI is InChI=1S/C13H13F3N4/c1-8(9-4-2-3-5-10(9)17)19-12-18-7-6-11(20-12)13(14,15)16/h2-8H,17H2,1H3,(H,18,19,20). The van der Waals surface area contributed by atoms with Crippen molar-refractivity contribution in [1.29, 1.82) is 0 Å². The van der Waals surface area contributed by atoms with Gasteiger partial charge >= 0.3 is 6.18 Å². The van der Waals surface area contributed by atoms with Crippen molar-refractivity contribution in [3.63, 3.8) is 0 Å². The Morgan fingerprint density at radius 2 is 1.90 bits per heavy atom. The molecule has 1 unspecified atom stereocenters. The van der Waals surface area contributed by atoms with Crippen LogP contribution >= 0.6 is 0 Å². The van der Waals surface area contributed by atoms with Crippen LogP contribution in [-0.2, 0) is 6.18 Å². The number of hydrogen-bond acceptors (Lipinski definition) is 4. The fraction of sp³-hybridized carbons (Fsp3) is 0.231. The van der Waals surface area contributed by atoms with E-state index in [9.17, 15) is 13.2 Å². The molecule has 0 spiro atoms. The topological polar surface area (TPSA) is 63.8 Å². The molecule has 1 aromatic heterocycles. The van der Waals surface area contributed by atoms with Crippen LogP contribution in [0.5, 0.6) is 0 Å². The first-order valence-electron chi connectivity index (χ1n) is 5.89. The van der Waals surface area contributed by atoms with Crippen molar-refractivity contribution in [2.45, 2.75) is 19.1 Å². The minimum atomic E-state index is -4.49. The van der Waals surface area contributed by atoms with Gasteiger partial charge in [0.25, 0.3) is 0 Å². The molecule has 0 bridgehead atoms. The highest BCUT2D eigenvalue weighted by Crippen LogP contribution is 2.28. The fourth-order valence-corrected chi connectivity index (χ4v) is 1.76. The van der Waals surface area contributed by atoms with Gasteiger partial charge in [-0.25, -0.2) is 9.97 Å². The van der Waals surface area contributed by atoms with Gasteiger partial charge < -0.3 is 11.1 Å². The van der Waals surface area contributed by atoms with Crippen LogP contribution in [0.4, 0.5) is 24.8 Å². The number of anilines is 2. The summed E-state index contributed by atoms with van der Waals surface area (Å²) < 4.78 is 37.7. The molecule has 0 amide bonds. The first-order chi connectivity index (χ1) is 9.38. The number of benzene rings is 1. The van der Waals surface area contributed by atoms with Crippen LogP contribution in [-0.4, -0.2) is 9.97 Å². The largest absolute Gasteiger partial charge is 0.433 e. The maximum atomic E-state index is 12.6. The van der Waals surface area contributed by atoms with Crippen LogP contribution < -0.4 is 11.1 Å². The Morgan fingerprint density at radius 3 is 2.55 bits per heavy atom. The summed E-state index contributed by atoms with van der Waals surface area (Å²) in [6.07, 6.45) is -3.42. The van der Waals surface area contributed by atoms with E-state index in [1.54, 1.807) is 31.2 Å². The predicted octanol–water partition coefficient (Wildman–Crippen LogP) is 3.25. The lowest BCUT2D eigenvalue weighted by Gasteiger charge is -2.16. The van der Waals surface area contributed by atoms with E-state index in [2.05, 4.69) is 15.3 Å². The van der Waals surface area contributed by atoms with Crippen molar-refractivity contribution in [3.05, 3.63) is 47.8 Å². The van der Waals surface area contributed by atoms with Gasteiger partial charge in [-0.3, -0.25) is 0 Å². The number of rotatable bonds is 3. The highest BCUT2D eigenvalue weighted by atomic mass is 19.4. The fourth-order valence-electron chi connectivity index (χ4n) is 1.76. The van der Waals surface area contributed by atoms with Gasteiger partial charge in [0, 0.05) is 11.9 Å². The Labute approximate surface area is 113 Å². The van der Waals surface area contributed by atoms with Crippen molar-refractivity contribution in [3.8, 4) is 0 Å². The average molecular weight is 282 g/mol. The van der Waals surface area contributed by atoms with Gasteiger partial charge in [-0.2, -0.15) is 13.2 Å². The zero-order valence-corrected chi connectivity index (χ0v) is 10.6. The number of halogens is 3. The third-order valence-corrected chi connectivity index (χ3v) is 2.75. The van der Waals surface area contributed by atoms with Gasteiger partial charge in [-0.05, 0) is 24.6 Å². The summed E-state index contributed by atoms with van der Waals surface area (Å²) in [5.74, 6) is -0.0874.